The van der Waals surface area contributed by atoms with Gasteiger partial charge in [0.15, 0.2) is 11.6 Å². The van der Waals surface area contributed by atoms with Crippen molar-refractivity contribution in [3.63, 3.8) is 0 Å². The Balaban J connectivity index is 1.81. The fourth-order valence-corrected chi connectivity index (χ4v) is 4.31. The van der Waals surface area contributed by atoms with E-state index in [2.05, 4.69) is 0 Å². The zero-order chi connectivity index (χ0) is 18.5. The van der Waals surface area contributed by atoms with Crippen LogP contribution in [0.3, 0.4) is 0 Å². The normalized spacial score (nSPS) is 37.5. The molecule has 9 heteroatoms. The Bertz CT molecular complexity index is 683. The maximum Gasteiger partial charge on any atom is 0.244 e. The standard InChI is InChI=1S/C17H22N2O7/c1-17(2)25-15-11(10-4-3-7-24-10)12(19(21)22)13(16(26-17)14(15)20)18-5-8-23-9-6-18/h3-4,7,11-13,15-16H,5-6,8-9H2,1-2H3. The van der Waals surface area contributed by atoms with Crippen molar-refractivity contribution in [3.05, 3.63) is 34.3 Å². The summed E-state index contributed by atoms with van der Waals surface area (Å²) in [6, 6.07) is 1.55. The second-order valence-electron chi connectivity index (χ2n) is 7.34. The maximum atomic E-state index is 13.1. The molecular weight excluding hydrogens is 344 g/mol. The van der Waals surface area contributed by atoms with E-state index in [1.807, 2.05) is 4.90 Å². The van der Waals surface area contributed by atoms with E-state index in [9.17, 15) is 14.9 Å². The SMILES string of the molecule is CC1(C)OC2C(=O)C(O1)C(N1CCOCC1)C([N+](=O)[O-])C2c1ccco1. The van der Waals surface area contributed by atoms with Gasteiger partial charge in [-0.2, -0.15) is 0 Å². The van der Waals surface area contributed by atoms with Gasteiger partial charge in [-0.15, -0.1) is 0 Å². The number of Topliss-reactive ketones (excluding diaryl/α,β-unsaturated/α-hetero) is 1. The zero-order valence-corrected chi connectivity index (χ0v) is 14.7. The average molecular weight is 366 g/mol. The maximum absolute atomic E-state index is 13.1. The molecule has 26 heavy (non-hydrogen) atoms. The van der Waals surface area contributed by atoms with Crippen LogP contribution in [0.4, 0.5) is 0 Å². The van der Waals surface area contributed by atoms with Crippen LogP contribution >= 0.6 is 0 Å². The number of nitro groups is 1. The first-order chi connectivity index (χ1) is 12.4. The van der Waals surface area contributed by atoms with Crippen LogP contribution in [-0.2, 0) is 19.0 Å². The molecule has 142 valence electrons. The summed E-state index contributed by atoms with van der Waals surface area (Å²) in [5.74, 6) is -1.69. The van der Waals surface area contributed by atoms with Crippen molar-refractivity contribution in [2.45, 2.75) is 49.8 Å². The summed E-state index contributed by atoms with van der Waals surface area (Å²) in [5.41, 5.74) is 0. The lowest BCUT2D eigenvalue weighted by Crippen LogP contribution is -2.72. The van der Waals surface area contributed by atoms with Crippen LogP contribution in [0.2, 0.25) is 0 Å². The minimum absolute atomic E-state index is 0.264. The number of fused-ring (bicyclic) bond motifs is 2. The number of hydrogen-bond donors (Lipinski definition) is 0. The Hall–Kier alpha value is -1.81. The van der Waals surface area contributed by atoms with Gasteiger partial charge in [0.05, 0.1) is 19.5 Å². The first kappa shape index (κ1) is 17.6. The van der Waals surface area contributed by atoms with Crippen LogP contribution in [-0.4, -0.2) is 72.0 Å². The molecule has 3 fully saturated rings. The molecule has 1 aliphatic carbocycles. The lowest BCUT2D eigenvalue weighted by atomic mass is 9.73. The highest BCUT2D eigenvalue weighted by molar-refractivity contribution is 5.91. The predicted molar refractivity (Wildman–Crippen MR) is 87.2 cm³/mol. The van der Waals surface area contributed by atoms with E-state index in [-0.39, 0.29) is 10.7 Å². The molecule has 1 saturated carbocycles. The van der Waals surface area contributed by atoms with Crippen LogP contribution in [0, 0.1) is 10.1 Å². The molecule has 0 spiro atoms. The van der Waals surface area contributed by atoms with Crippen molar-refractivity contribution < 1.29 is 28.3 Å². The van der Waals surface area contributed by atoms with Crippen LogP contribution in [0.15, 0.2) is 22.8 Å². The predicted octanol–water partition coefficient (Wildman–Crippen LogP) is 0.812. The van der Waals surface area contributed by atoms with Crippen molar-refractivity contribution in [2.24, 2.45) is 0 Å². The lowest BCUT2D eigenvalue weighted by Gasteiger charge is -2.52. The Morgan fingerprint density at radius 1 is 1.23 bits per heavy atom. The second kappa shape index (κ2) is 6.41. The van der Waals surface area contributed by atoms with E-state index >= 15 is 0 Å². The zero-order valence-electron chi connectivity index (χ0n) is 14.7. The third-order valence-corrected chi connectivity index (χ3v) is 5.32. The Morgan fingerprint density at radius 3 is 2.54 bits per heavy atom. The summed E-state index contributed by atoms with van der Waals surface area (Å²) in [4.78, 5) is 26.8. The van der Waals surface area contributed by atoms with Gasteiger partial charge in [0.1, 0.15) is 29.9 Å². The second-order valence-corrected chi connectivity index (χ2v) is 7.34. The van der Waals surface area contributed by atoms with Crippen molar-refractivity contribution >= 4 is 5.78 Å². The highest BCUT2D eigenvalue weighted by Gasteiger charge is 2.64. The van der Waals surface area contributed by atoms with E-state index in [1.54, 1.807) is 26.0 Å². The largest absolute Gasteiger partial charge is 0.469 e. The first-order valence-electron chi connectivity index (χ1n) is 8.77. The number of carbonyl (C=O) groups excluding carboxylic acids is 1. The smallest absolute Gasteiger partial charge is 0.244 e. The molecule has 3 aliphatic rings. The average Bonchev–Trinajstić information content (AvgIpc) is 3.11. The Labute approximate surface area is 150 Å². The van der Waals surface area contributed by atoms with Crippen LogP contribution < -0.4 is 0 Å². The van der Waals surface area contributed by atoms with Gasteiger partial charge in [-0.1, -0.05) is 0 Å². The monoisotopic (exact) mass is 366 g/mol. The number of nitrogens with zero attached hydrogens (tertiary/aromatic N) is 2. The topological polar surface area (TPSA) is 104 Å². The molecule has 4 rings (SSSR count). The number of hydrogen-bond acceptors (Lipinski definition) is 8. The summed E-state index contributed by atoms with van der Waals surface area (Å²) in [5, 5.41) is 12.1. The minimum atomic E-state index is -1.08. The van der Waals surface area contributed by atoms with Crippen LogP contribution in [0.25, 0.3) is 0 Å². The number of ketones is 1. The molecule has 3 heterocycles. The molecule has 0 aromatic carbocycles. The summed E-state index contributed by atoms with van der Waals surface area (Å²) >= 11 is 0. The molecule has 2 bridgehead atoms. The van der Waals surface area contributed by atoms with E-state index in [4.69, 9.17) is 18.6 Å². The van der Waals surface area contributed by atoms with Gasteiger partial charge in [0.25, 0.3) is 0 Å². The fourth-order valence-electron chi connectivity index (χ4n) is 4.31. The number of ether oxygens (including phenoxy) is 3. The summed E-state index contributed by atoms with van der Waals surface area (Å²) in [7, 11) is 0. The van der Waals surface area contributed by atoms with Crippen LogP contribution in [0.1, 0.15) is 25.5 Å². The van der Waals surface area contributed by atoms with E-state index in [0.717, 1.165) is 0 Å². The van der Waals surface area contributed by atoms with Crippen molar-refractivity contribution in [3.8, 4) is 0 Å². The fraction of sp³-hybridized carbons (Fsp3) is 0.706. The number of rotatable bonds is 3. The molecule has 2 saturated heterocycles. The van der Waals surface area contributed by atoms with Gasteiger partial charge < -0.3 is 18.6 Å². The summed E-state index contributed by atoms with van der Waals surface area (Å²) in [6.45, 7) is 5.41. The van der Waals surface area contributed by atoms with E-state index in [0.29, 0.717) is 32.1 Å². The molecule has 1 aromatic rings. The van der Waals surface area contributed by atoms with E-state index in [1.165, 1.54) is 6.26 Å². The number of morpholine rings is 1. The molecular formula is C17H22N2O7. The first-order valence-corrected chi connectivity index (χ1v) is 8.77. The molecule has 0 amide bonds. The molecule has 1 aromatic heterocycles. The van der Waals surface area contributed by atoms with Gasteiger partial charge in [0.2, 0.25) is 6.04 Å². The minimum Gasteiger partial charge on any atom is -0.469 e. The highest BCUT2D eigenvalue weighted by atomic mass is 16.7. The molecule has 5 unspecified atom stereocenters. The van der Waals surface area contributed by atoms with Gasteiger partial charge in [0, 0.05) is 18.0 Å². The molecule has 5 atom stereocenters. The van der Waals surface area contributed by atoms with Crippen molar-refractivity contribution in [1.29, 1.82) is 0 Å². The quantitative estimate of drug-likeness (QED) is 0.572. The number of furan rings is 1. The Morgan fingerprint density at radius 2 is 1.92 bits per heavy atom. The molecule has 9 nitrogen and oxygen atoms in total. The molecule has 0 N–H and O–H groups in total. The van der Waals surface area contributed by atoms with E-state index < -0.39 is 36.0 Å². The lowest BCUT2D eigenvalue weighted by molar-refractivity contribution is -0.547. The van der Waals surface area contributed by atoms with Gasteiger partial charge >= 0.3 is 0 Å². The summed E-state index contributed by atoms with van der Waals surface area (Å²) in [6.07, 6.45) is -0.428. The van der Waals surface area contributed by atoms with Gasteiger partial charge in [-0.25, -0.2) is 0 Å². The van der Waals surface area contributed by atoms with Gasteiger partial charge in [-0.3, -0.25) is 19.8 Å². The number of carbonyl (C=O) groups is 1. The van der Waals surface area contributed by atoms with Crippen LogP contribution in [0.5, 0.6) is 0 Å². The van der Waals surface area contributed by atoms with Crippen molar-refractivity contribution in [1.82, 2.24) is 4.90 Å². The third kappa shape index (κ3) is 2.84. The molecule has 0 radical (unpaired) electrons. The molecule has 2 aliphatic heterocycles. The third-order valence-electron chi connectivity index (χ3n) is 5.32. The van der Waals surface area contributed by atoms with Gasteiger partial charge in [-0.05, 0) is 26.0 Å². The van der Waals surface area contributed by atoms with Crippen molar-refractivity contribution in [2.75, 3.05) is 26.3 Å². The summed E-state index contributed by atoms with van der Waals surface area (Å²) < 4.78 is 22.6. The Kier molecular flexibility index (Phi) is 4.34. The highest BCUT2D eigenvalue weighted by Crippen LogP contribution is 2.44.